The van der Waals surface area contributed by atoms with Gasteiger partial charge in [-0.1, -0.05) is 68.8 Å². The fourth-order valence-electron chi connectivity index (χ4n) is 4.24. The molecule has 1 fully saturated rings. The summed E-state index contributed by atoms with van der Waals surface area (Å²) in [6.07, 6.45) is -0.205. The van der Waals surface area contributed by atoms with E-state index in [4.69, 9.17) is 9.57 Å². The van der Waals surface area contributed by atoms with Gasteiger partial charge in [0.1, 0.15) is 12.6 Å². The summed E-state index contributed by atoms with van der Waals surface area (Å²) in [5, 5.41) is 3.04. The summed E-state index contributed by atoms with van der Waals surface area (Å²) in [6, 6.07) is 14.9. The Bertz CT molecular complexity index is 1040. The van der Waals surface area contributed by atoms with E-state index < -0.39 is 29.9 Å². The summed E-state index contributed by atoms with van der Waals surface area (Å²) in [5.41, 5.74) is 4.39. The minimum absolute atomic E-state index is 0.0000810. The van der Waals surface area contributed by atoms with Gasteiger partial charge < -0.3 is 14.9 Å². The largest absolute Gasteiger partial charge is 0.449 e. The molecule has 0 saturated carbocycles. The molecule has 0 radical (unpaired) electrons. The summed E-state index contributed by atoms with van der Waals surface area (Å²) in [4.78, 5) is 53.9. The quantitative estimate of drug-likeness (QED) is 0.648. The number of hydrogen-bond donors (Lipinski definition) is 1. The Kier molecular flexibility index (Phi) is 6.44. The van der Waals surface area contributed by atoms with Crippen molar-refractivity contribution in [2.45, 2.75) is 45.1 Å². The van der Waals surface area contributed by atoms with Crippen LogP contribution in [0.4, 0.5) is 4.79 Å². The molecule has 1 aliphatic carbocycles. The van der Waals surface area contributed by atoms with E-state index in [2.05, 4.69) is 5.32 Å². The number of amides is 3. The van der Waals surface area contributed by atoms with Gasteiger partial charge in [-0.05, 0) is 28.2 Å². The topological polar surface area (TPSA) is 102 Å². The molecule has 1 N–H and O–H groups in total. The van der Waals surface area contributed by atoms with Crippen molar-refractivity contribution in [1.82, 2.24) is 10.4 Å². The van der Waals surface area contributed by atoms with Crippen molar-refractivity contribution in [2.75, 3.05) is 6.61 Å². The number of ether oxygens (including phenoxy) is 1. The first kappa shape index (κ1) is 22.5. The van der Waals surface area contributed by atoms with Crippen LogP contribution in [-0.4, -0.2) is 41.6 Å². The van der Waals surface area contributed by atoms with E-state index in [1.165, 1.54) is 0 Å². The van der Waals surface area contributed by atoms with Crippen molar-refractivity contribution in [3.63, 3.8) is 0 Å². The summed E-state index contributed by atoms with van der Waals surface area (Å²) in [6.45, 7) is 3.73. The van der Waals surface area contributed by atoms with Crippen LogP contribution in [-0.2, 0) is 24.0 Å². The SMILES string of the molecule is CCC(C)[C@H](NC(=O)OCC1c2ccccc2-c2ccccc21)C(=O)ON1C(=O)CCC1=O. The molecule has 1 saturated heterocycles. The fraction of sp³-hybridized carbons (Fsp3) is 0.360. The molecule has 0 aromatic heterocycles. The van der Waals surface area contributed by atoms with Crippen molar-refractivity contribution in [1.29, 1.82) is 0 Å². The molecule has 8 heteroatoms. The van der Waals surface area contributed by atoms with Crippen LogP contribution in [0.2, 0.25) is 0 Å². The molecule has 1 aliphatic heterocycles. The number of carbonyl (C=O) groups is 4. The summed E-state index contributed by atoms with van der Waals surface area (Å²) in [7, 11) is 0. The minimum atomic E-state index is -1.06. The van der Waals surface area contributed by atoms with Gasteiger partial charge in [-0.15, -0.1) is 5.06 Å². The highest BCUT2D eigenvalue weighted by molar-refractivity contribution is 6.01. The Labute approximate surface area is 191 Å². The zero-order valence-electron chi connectivity index (χ0n) is 18.6. The van der Waals surface area contributed by atoms with Crippen molar-refractivity contribution in [2.24, 2.45) is 5.92 Å². The first-order valence-electron chi connectivity index (χ1n) is 11.1. The number of rotatable bonds is 7. The van der Waals surface area contributed by atoms with Crippen LogP contribution in [0.1, 0.15) is 50.2 Å². The van der Waals surface area contributed by atoms with Crippen LogP contribution in [0, 0.1) is 5.92 Å². The van der Waals surface area contributed by atoms with E-state index >= 15 is 0 Å². The third-order valence-electron chi connectivity index (χ3n) is 6.27. The molecule has 1 unspecified atom stereocenters. The third kappa shape index (κ3) is 4.46. The Hall–Kier alpha value is -3.68. The second-order valence-corrected chi connectivity index (χ2v) is 8.33. The first-order valence-corrected chi connectivity index (χ1v) is 11.1. The van der Waals surface area contributed by atoms with Gasteiger partial charge in [0.25, 0.3) is 11.8 Å². The highest BCUT2D eigenvalue weighted by atomic mass is 16.7. The number of alkyl carbamates (subject to hydrolysis) is 1. The molecule has 0 bridgehead atoms. The Morgan fingerprint density at radius 3 is 2.09 bits per heavy atom. The monoisotopic (exact) mass is 450 g/mol. The van der Waals surface area contributed by atoms with E-state index in [1.807, 2.05) is 55.5 Å². The molecule has 3 amide bonds. The number of hydrogen-bond acceptors (Lipinski definition) is 6. The lowest BCUT2D eigenvalue weighted by atomic mass is 9.98. The molecule has 172 valence electrons. The third-order valence-corrected chi connectivity index (χ3v) is 6.27. The molecule has 2 aromatic rings. The zero-order chi connectivity index (χ0) is 23.5. The van der Waals surface area contributed by atoms with Crippen LogP contribution in [0.25, 0.3) is 11.1 Å². The Balaban J connectivity index is 1.43. The number of nitrogens with one attached hydrogen (secondary N) is 1. The number of benzene rings is 2. The van der Waals surface area contributed by atoms with E-state index in [0.29, 0.717) is 11.5 Å². The van der Waals surface area contributed by atoms with Gasteiger partial charge in [-0.2, -0.15) is 0 Å². The molecule has 2 aromatic carbocycles. The number of hydroxylamine groups is 2. The highest BCUT2D eigenvalue weighted by Crippen LogP contribution is 2.44. The second-order valence-electron chi connectivity index (χ2n) is 8.33. The molecule has 2 aliphatic rings. The first-order chi connectivity index (χ1) is 15.9. The highest BCUT2D eigenvalue weighted by Gasteiger charge is 2.37. The van der Waals surface area contributed by atoms with E-state index in [0.717, 1.165) is 22.3 Å². The number of imide groups is 1. The molecular weight excluding hydrogens is 424 g/mol. The van der Waals surface area contributed by atoms with Gasteiger partial charge >= 0.3 is 12.1 Å². The van der Waals surface area contributed by atoms with E-state index in [1.54, 1.807) is 6.92 Å². The predicted molar refractivity (Wildman–Crippen MR) is 119 cm³/mol. The average molecular weight is 450 g/mol. The lowest BCUT2D eigenvalue weighted by molar-refractivity contribution is -0.199. The second kappa shape index (κ2) is 9.44. The normalized spacial score (nSPS) is 16.7. The van der Waals surface area contributed by atoms with Gasteiger partial charge in [0.15, 0.2) is 0 Å². The number of carbonyl (C=O) groups excluding carboxylic acids is 4. The van der Waals surface area contributed by atoms with Crippen LogP contribution in [0.15, 0.2) is 48.5 Å². The van der Waals surface area contributed by atoms with Crippen LogP contribution in [0.5, 0.6) is 0 Å². The van der Waals surface area contributed by atoms with E-state index in [-0.39, 0.29) is 31.3 Å². The summed E-state index contributed by atoms with van der Waals surface area (Å²) < 4.78 is 5.52. The molecule has 4 rings (SSSR count). The average Bonchev–Trinajstić information content (AvgIpc) is 3.32. The lowest BCUT2D eigenvalue weighted by Crippen LogP contribution is -2.48. The van der Waals surface area contributed by atoms with Crippen LogP contribution in [0.3, 0.4) is 0 Å². The van der Waals surface area contributed by atoms with E-state index in [9.17, 15) is 19.2 Å². The molecule has 8 nitrogen and oxygen atoms in total. The number of nitrogens with zero attached hydrogens (tertiary/aromatic N) is 1. The van der Waals surface area contributed by atoms with Gasteiger partial charge in [-0.25, -0.2) is 9.59 Å². The molecule has 1 heterocycles. The van der Waals surface area contributed by atoms with Crippen molar-refractivity contribution >= 4 is 23.9 Å². The molecular formula is C25H26N2O6. The fourth-order valence-corrected chi connectivity index (χ4v) is 4.24. The predicted octanol–water partition coefficient (Wildman–Crippen LogP) is 3.55. The molecule has 0 spiro atoms. The van der Waals surface area contributed by atoms with Gasteiger partial charge in [-0.3, -0.25) is 9.59 Å². The lowest BCUT2D eigenvalue weighted by Gasteiger charge is -2.24. The molecule has 33 heavy (non-hydrogen) atoms. The Morgan fingerprint density at radius 1 is 1.00 bits per heavy atom. The number of fused-ring (bicyclic) bond motifs is 3. The van der Waals surface area contributed by atoms with Crippen molar-refractivity contribution in [3.05, 3.63) is 59.7 Å². The zero-order valence-corrected chi connectivity index (χ0v) is 18.6. The molecule has 2 atom stereocenters. The maximum absolute atomic E-state index is 12.7. The van der Waals surface area contributed by atoms with Gasteiger partial charge in [0.05, 0.1) is 0 Å². The maximum Gasteiger partial charge on any atom is 0.407 e. The standard InChI is InChI=1S/C25H26N2O6/c1-3-15(2)23(24(30)33-27-21(28)12-13-22(27)29)26-25(31)32-14-20-18-10-6-4-8-16(18)17-9-5-7-11-19(17)20/h4-11,15,20,23H,3,12-14H2,1-2H3,(H,26,31)/t15?,23-/m0/s1. The smallest absolute Gasteiger partial charge is 0.407 e. The van der Waals surface area contributed by atoms with Crippen molar-refractivity contribution in [3.8, 4) is 11.1 Å². The summed E-state index contributed by atoms with van der Waals surface area (Å²) >= 11 is 0. The maximum atomic E-state index is 12.7. The van der Waals surface area contributed by atoms with Gasteiger partial charge in [0.2, 0.25) is 0 Å². The van der Waals surface area contributed by atoms with Crippen LogP contribution >= 0.6 is 0 Å². The van der Waals surface area contributed by atoms with Gasteiger partial charge in [0, 0.05) is 18.8 Å². The van der Waals surface area contributed by atoms with Crippen LogP contribution < -0.4 is 5.32 Å². The minimum Gasteiger partial charge on any atom is -0.449 e. The summed E-state index contributed by atoms with van der Waals surface area (Å²) in [5.74, 6) is -2.43. The Morgan fingerprint density at radius 2 is 1.55 bits per heavy atom. The van der Waals surface area contributed by atoms with Crippen molar-refractivity contribution < 1.29 is 28.8 Å².